The summed E-state index contributed by atoms with van der Waals surface area (Å²) in [7, 11) is 0. The summed E-state index contributed by atoms with van der Waals surface area (Å²) in [4.78, 5) is 4.51. The molecule has 0 aliphatic heterocycles. The van der Waals surface area contributed by atoms with Gasteiger partial charge in [0.25, 0.3) is 0 Å². The lowest BCUT2D eigenvalue weighted by atomic mass is 10.1. The Balaban J connectivity index is 1.21. The van der Waals surface area contributed by atoms with E-state index >= 15 is 0 Å². The van der Waals surface area contributed by atoms with Gasteiger partial charge in [0, 0.05) is 45.3 Å². The van der Waals surface area contributed by atoms with Crippen LogP contribution in [0.15, 0.2) is 162 Å². The van der Waals surface area contributed by atoms with Gasteiger partial charge in [-0.1, -0.05) is 71.8 Å². The van der Waals surface area contributed by atoms with Crippen LogP contribution in [-0.2, 0) is 0 Å². The quantitative estimate of drug-likeness (QED) is 0.178. The molecule has 0 N–H and O–H groups in total. The molecule has 7 rings (SSSR count). The Morgan fingerprint density at radius 2 is 0.711 bits per heavy atom. The average Bonchev–Trinajstić information content (AvgIpc) is 3.58. The van der Waals surface area contributed by atoms with Gasteiger partial charge in [-0.05, 0) is 111 Å². The minimum Gasteiger partial charge on any atom is -0.416 e. The molecule has 6 aromatic carbocycles. The van der Waals surface area contributed by atoms with Crippen LogP contribution in [0.4, 0.5) is 34.1 Å². The van der Waals surface area contributed by atoms with Crippen molar-refractivity contribution >= 4 is 34.1 Å². The van der Waals surface area contributed by atoms with Gasteiger partial charge in [0.1, 0.15) is 0 Å². The van der Waals surface area contributed by atoms with Crippen LogP contribution in [0.3, 0.4) is 0 Å². The molecule has 1 aromatic heterocycles. The van der Waals surface area contributed by atoms with Crippen LogP contribution in [0.2, 0.25) is 0 Å². The van der Waals surface area contributed by atoms with Gasteiger partial charge >= 0.3 is 0 Å². The highest BCUT2D eigenvalue weighted by molar-refractivity contribution is 5.81. The molecule has 45 heavy (non-hydrogen) atoms. The number of hydrogen-bond donors (Lipinski definition) is 0. The van der Waals surface area contributed by atoms with Crippen molar-refractivity contribution in [1.29, 1.82) is 0 Å². The second kappa shape index (κ2) is 12.3. The van der Waals surface area contributed by atoms with Crippen molar-refractivity contribution < 1.29 is 4.42 Å². The average molecular weight is 585 g/mol. The summed E-state index contributed by atoms with van der Waals surface area (Å²) in [5.41, 5.74) is 10.6. The van der Waals surface area contributed by atoms with Crippen LogP contribution in [0, 0.1) is 13.8 Å². The standard InChI is InChI=1S/C40H32N4O/c1-29-26-30(2)28-32(27-29)40-42-41-39(45-40)31-18-20-36(21-19-31)44(35-16-10-5-11-17-35)38-24-22-37(23-25-38)43(33-12-6-3-7-13-33)34-14-8-4-9-15-34/h3-28H,1-2H3. The summed E-state index contributed by atoms with van der Waals surface area (Å²) >= 11 is 0. The highest BCUT2D eigenvalue weighted by atomic mass is 16.4. The SMILES string of the molecule is Cc1cc(C)cc(-c2nnc(-c3ccc(N(c4ccccc4)c4ccc(N(c5ccccc5)c5ccccc5)cc4)cc3)o2)c1. The fourth-order valence-electron chi connectivity index (χ4n) is 5.68. The Morgan fingerprint density at radius 1 is 0.378 bits per heavy atom. The Bertz CT molecular complexity index is 1940. The fourth-order valence-corrected chi connectivity index (χ4v) is 5.68. The van der Waals surface area contributed by atoms with Crippen LogP contribution < -0.4 is 9.80 Å². The van der Waals surface area contributed by atoms with Crippen LogP contribution in [0.1, 0.15) is 11.1 Å². The molecule has 218 valence electrons. The molecule has 0 atom stereocenters. The van der Waals surface area contributed by atoms with Crippen molar-refractivity contribution in [3.63, 3.8) is 0 Å². The van der Waals surface area contributed by atoms with Gasteiger partial charge in [-0.15, -0.1) is 10.2 Å². The molecule has 5 heteroatoms. The summed E-state index contributed by atoms with van der Waals surface area (Å²) in [6.07, 6.45) is 0. The van der Waals surface area contributed by atoms with E-state index in [1.807, 2.05) is 30.3 Å². The first-order chi connectivity index (χ1) is 22.1. The number of aromatic nitrogens is 2. The van der Waals surface area contributed by atoms with E-state index in [4.69, 9.17) is 4.42 Å². The van der Waals surface area contributed by atoms with E-state index in [0.717, 1.165) is 56.4 Å². The summed E-state index contributed by atoms with van der Waals surface area (Å²) in [6.45, 7) is 4.14. The highest BCUT2D eigenvalue weighted by Crippen LogP contribution is 2.39. The van der Waals surface area contributed by atoms with E-state index in [1.54, 1.807) is 0 Å². The molecule has 0 spiro atoms. The minimum absolute atomic E-state index is 0.494. The summed E-state index contributed by atoms with van der Waals surface area (Å²) in [5.74, 6) is 1.01. The lowest BCUT2D eigenvalue weighted by Crippen LogP contribution is -2.12. The Hall–Kier alpha value is -5.94. The van der Waals surface area contributed by atoms with E-state index in [9.17, 15) is 0 Å². The zero-order valence-corrected chi connectivity index (χ0v) is 25.2. The third-order valence-electron chi connectivity index (χ3n) is 7.68. The van der Waals surface area contributed by atoms with Gasteiger partial charge in [0.15, 0.2) is 0 Å². The highest BCUT2D eigenvalue weighted by Gasteiger charge is 2.17. The van der Waals surface area contributed by atoms with Crippen LogP contribution in [0.5, 0.6) is 0 Å². The maximum atomic E-state index is 6.10. The third kappa shape index (κ3) is 5.97. The van der Waals surface area contributed by atoms with E-state index in [-0.39, 0.29) is 0 Å². The molecule has 1 heterocycles. The molecule has 0 saturated heterocycles. The smallest absolute Gasteiger partial charge is 0.248 e. The number of benzene rings is 6. The predicted molar refractivity (Wildman–Crippen MR) is 184 cm³/mol. The van der Waals surface area contributed by atoms with Crippen molar-refractivity contribution in [2.45, 2.75) is 13.8 Å². The van der Waals surface area contributed by atoms with Crippen LogP contribution >= 0.6 is 0 Å². The Kier molecular flexibility index (Phi) is 7.65. The summed E-state index contributed by atoms with van der Waals surface area (Å²) in [6, 6.07) is 54.5. The van der Waals surface area contributed by atoms with E-state index in [1.165, 1.54) is 0 Å². The third-order valence-corrected chi connectivity index (χ3v) is 7.68. The Labute approximate surface area is 263 Å². The molecular weight excluding hydrogens is 552 g/mol. The maximum absolute atomic E-state index is 6.10. The molecule has 0 amide bonds. The molecule has 0 fully saturated rings. The molecule has 0 unspecified atom stereocenters. The Morgan fingerprint density at radius 3 is 1.11 bits per heavy atom. The fraction of sp³-hybridized carbons (Fsp3) is 0.0500. The van der Waals surface area contributed by atoms with Gasteiger partial charge < -0.3 is 14.2 Å². The summed E-state index contributed by atoms with van der Waals surface area (Å²) < 4.78 is 6.10. The lowest BCUT2D eigenvalue weighted by Gasteiger charge is -2.28. The number of nitrogens with zero attached hydrogens (tertiary/aromatic N) is 4. The topological polar surface area (TPSA) is 45.4 Å². The largest absolute Gasteiger partial charge is 0.416 e. The molecule has 0 radical (unpaired) electrons. The maximum Gasteiger partial charge on any atom is 0.248 e. The predicted octanol–water partition coefficient (Wildman–Crippen LogP) is 11.0. The molecular formula is C40H32N4O. The van der Waals surface area contributed by atoms with Crippen molar-refractivity contribution in [2.24, 2.45) is 0 Å². The van der Waals surface area contributed by atoms with Gasteiger partial charge in [0.05, 0.1) is 0 Å². The van der Waals surface area contributed by atoms with Gasteiger partial charge in [-0.25, -0.2) is 0 Å². The first-order valence-electron chi connectivity index (χ1n) is 15.0. The summed E-state index contributed by atoms with van der Waals surface area (Å²) in [5, 5.41) is 8.69. The molecule has 7 aromatic rings. The molecule has 0 aliphatic rings. The minimum atomic E-state index is 0.494. The second-order valence-electron chi connectivity index (χ2n) is 11.0. The van der Waals surface area contributed by atoms with Crippen molar-refractivity contribution in [2.75, 3.05) is 9.80 Å². The van der Waals surface area contributed by atoms with Gasteiger partial charge in [-0.3, -0.25) is 0 Å². The lowest BCUT2D eigenvalue weighted by molar-refractivity contribution is 0.584. The zero-order chi connectivity index (χ0) is 30.6. The van der Waals surface area contributed by atoms with E-state index in [2.05, 4.69) is 161 Å². The van der Waals surface area contributed by atoms with Crippen molar-refractivity contribution in [3.05, 3.63) is 169 Å². The number of hydrogen-bond acceptors (Lipinski definition) is 5. The number of anilines is 6. The van der Waals surface area contributed by atoms with Crippen molar-refractivity contribution in [1.82, 2.24) is 10.2 Å². The molecule has 5 nitrogen and oxygen atoms in total. The monoisotopic (exact) mass is 584 g/mol. The van der Waals surface area contributed by atoms with E-state index in [0.29, 0.717) is 11.8 Å². The molecule has 0 bridgehead atoms. The first-order valence-corrected chi connectivity index (χ1v) is 15.0. The van der Waals surface area contributed by atoms with Gasteiger partial charge in [0.2, 0.25) is 11.8 Å². The first kappa shape index (κ1) is 27.9. The van der Waals surface area contributed by atoms with Crippen LogP contribution in [0.25, 0.3) is 22.9 Å². The van der Waals surface area contributed by atoms with Crippen molar-refractivity contribution in [3.8, 4) is 22.9 Å². The second-order valence-corrected chi connectivity index (χ2v) is 11.0. The number of aryl methyl sites for hydroxylation is 2. The molecule has 0 aliphatic carbocycles. The normalized spacial score (nSPS) is 10.9. The number of rotatable bonds is 8. The molecule has 0 saturated carbocycles. The van der Waals surface area contributed by atoms with Crippen LogP contribution in [-0.4, -0.2) is 10.2 Å². The van der Waals surface area contributed by atoms with Gasteiger partial charge in [-0.2, -0.15) is 0 Å². The van der Waals surface area contributed by atoms with E-state index < -0.39 is 0 Å². The number of para-hydroxylation sites is 3. The zero-order valence-electron chi connectivity index (χ0n) is 25.2.